The van der Waals surface area contributed by atoms with Crippen LogP contribution in [0.15, 0.2) is 18.2 Å². The summed E-state index contributed by atoms with van der Waals surface area (Å²) in [5.41, 5.74) is 0.0759. The minimum absolute atomic E-state index is 0.0192. The molecule has 1 aromatic carbocycles. The maximum absolute atomic E-state index is 13.1. The van der Waals surface area contributed by atoms with Crippen LogP contribution in [0.2, 0.25) is 0 Å². The van der Waals surface area contributed by atoms with Crippen molar-refractivity contribution in [3.63, 3.8) is 0 Å². The third kappa shape index (κ3) is 3.90. The number of Topliss-reactive ketones (excluding diaryl/α,β-unsaturated/α-hetero) is 1. The Morgan fingerprint density at radius 1 is 1.03 bits per heavy atom. The van der Waals surface area contributed by atoms with Crippen molar-refractivity contribution in [2.45, 2.75) is 51.5 Å². The molecule has 4 saturated carbocycles. The monoisotopic (exact) mass is 427 g/mol. The Hall–Kier alpha value is -2.57. The summed E-state index contributed by atoms with van der Waals surface area (Å²) < 4.78 is 16.1. The van der Waals surface area contributed by atoms with Crippen molar-refractivity contribution in [3.8, 4) is 11.5 Å². The van der Waals surface area contributed by atoms with E-state index in [4.69, 9.17) is 14.2 Å². The molecule has 1 amide bonds. The fourth-order valence-electron chi connectivity index (χ4n) is 6.36. The second-order valence-electron chi connectivity index (χ2n) is 9.78. The Morgan fingerprint density at radius 2 is 1.65 bits per heavy atom. The molecular formula is C24H29NO6. The number of hydrogen-bond donors (Lipinski definition) is 1. The van der Waals surface area contributed by atoms with E-state index in [1.54, 1.807) is 25.1 Å². The largest absolute Gasteiger partial charge is 0.486 e. The Labute approximate surface area is 181 Å². The lowest BCUT2D eigenvalue weighted by Gasteiger charge is -2.55. The van der Waals surface area contributed by atoms with Gasteiger partial charge in [-0.1, -0.05) is 0 Å². The summed E-state index contributed by atoms with van der Waals surface area (Å²) in [7, 11) is 0. The number of fused-ring (bicyclic) bond motifs is 1. The van der Waals surface area contributed by atoms with Crippen LogP contribution in [-0.4, -0.2) is 43.5 Å². The van der Waals surface area contributed by atoms with Crippen molar-refractivity contribution in [2.24, 2.45) is 23.2 Å². The zero-order valence-corrected chi connectivity index (χ0v) is 17.9. The molecule has 0 radical (unpaired) electrons. The third-order valence-electron chi connectivity index (χ3n) is 7.43. The molecule has 1 aromatic rings. The van der Waals surface area contributed by atoms with Gasteiger partial charge in [-0.15, -0.1) is 0 Å². The molecule has 7 nitrogen and oxygen atoms in total. The second kappa shape index (κ2) is 7.84. The van der Waals surface area contributed by atoms with Crippen molar-refractivity contribution < 1.29 is 28.6 Å². The Morgan fingerprint density at radius 3 is 2.29 bits per heavy atom. The summed E-state index contributed by atoms with van der Waals surface area (Å²) >= 11 is 0. The van der Waals surface area contributed by atoms with E-state index in [0.29, 0.717) is 48.0 Å². The van der Waals surface area contributed by atoms with Crippen LogP contribution in [0, 0.1) is 23.2 Å². The van der Waals surface area contributed by atoms with Crippen LogP contribution >= 0.6 is 0 Å². The van der Waals surface area contributed by atoms with Gasteiger partial charge in [0, 0.05) is 11.0 Å². The average molecular weight is 427 g/mol. The Bertz CT molecular complexity index is 874. The minimum atomic E-state index is -0.784. The number of esters is 1. The normalized spacial score (nSPS) is 31.1. The van der Waals surface area contributed by atoms with E-state index in [1.807, 2.05) is 0 Å². The van der Waals surface area contributed by atoms with Crippen molar-refractivity contribution in [1.82, 2.24) is 5.32 Å². The van der Waals surface area contributed by atoms with Gasteiger partial charge in [0.15, 0.2) is 23.9 Å². The maximum Gasteiger partial charge on any atom is 0.328 e. The molecule has 0 spiro atoms. The highest BCUT2D eigenvalue weighted by Gasteiger charge is 2.54. The number of ketones is 1. The standard InChI is InChI=1S/C24H29NO6/c1-14(25-23(28)24-10-15-6-16(11-24)8-17(7-15)12-24)22(27)31-13-19(26)18-2-3-20-21(9-18)30-5-4-29-20/h2-3,9,14-17H,4-8,10-13H2,1H3,(H,25,28)/t14-,15?,16?,17?,24?/m0/s1. The first-order valence-electron chi connectivity index (χ1n) is 11.3. The van der Waals surface area contributed by atoms with Crippen molar-refractivity contribution in [1.29, 1.82) is 0 Å². The second-order valence-corrected chi connectivity index (χ2v) is 9.78. The van der Waals surface area contributed by atoms with Gasteiger partial charge in [0.2, 0.25) is 5.91 Å². The van der Waals surface area contributed by atoms with Gasteiger partial charge >= 0.3 is 5.97 Å². The van der Waals surface area contributed by atoms with Crippen LogP contribution in [0.5, 0.6) is 11.5 Å². The maximum atomic E-state index is 13.1. The van der Waals surface area contributed by atoms with Crippen LogP contribution in [0.25, 0.3) is 0 Å². The summed E-state index contributed by atoms with van der Waals surface area (Å²) in [6.45, 7) is 2.15. The van der Waals surface area contributed by atoms with E-state index in [-0.39, 0.29) is 23.7 Å². The van der Waals surface area contributed by atoms with Gasteiger partial charge in [0.1, 0.15) is 19.3 Å². The van der Waals surface area contributed by atoms with Crippen molar-refractivity contribution >= 4 is 17.7 Å². The van der Waals surface area contributed by atoms with Crippen LogP contribution in [0.4, 0.5) is 0 Å². The molecule has 0 saturated heterocycles. The number of carbonyl (C=O) groups excluding carboxylic acids is 3. The predicted octanol–water partition coefficient (Wildman–Crippen LogP) is 2.90. The van der Waals surface area contributed by atoms with Crippen molar-refractivity contribution in [2.75, 3.05) is 19.8 Å². The lowest BCUT2D eigenvalue weighted by Crippen LogP contribution is -2.56. The molecule has 0 aromatic heterocycles. The van der Waals surface area contributed by atoms with Gasteiger partial charge in [-0.2, -0.15) is 0 Å². The van der Waals surface area contributed by atoms with E-state index < -0.39 is 12.0 Å². The smallest absolute Gasteiger partial charge is 0.328 e. The van der Waals surface area contributed by atoms with Crippen LogP contribution in [0.3, 0.4) is 0 Å². The number of rotatable bonds is 6. The SMILES string of the molecule is C[C@H](NC(=O)C12CC3CC(CC(C3)C1)C2)C(=O)OCC(=O)c1ccc2c(c1)OCCO2. The summed E-state index contributed by atoms with van der Waals surface area (Å²) in [5.74, 6) is 2.14. The number of hydrogen-bond acceptors (Lipinski definition) is 6. The molecular weight excluding hydrogens is 398 g/mol. The van der Waals surface area contributed by atoms with Gasteiger partial charge in [-0.3, -0.25) is 9.59 Å². The van der Waals surface area contributed by atoms with Crippen LogP contribution in [0.1, 0.15) is 55.8 Å². The van der Waals surface area contributed by atoms with Gasteiger partial charge < -0.3 is 19.5 Å². The summed E-state index contributed by atoms with van der Waals surface area (Å²) in [6, 6.07) is 4.12. The van der Waals surface area contributed by atoms with E-state index in [2.05, 4.69) is 5.32 Å². The molecule has 6 rings (SSSR count). The number of carbonyl (C=O) groups is 3. The highest BCUT2D eigenvalue weighted by atomic mass is 16.6. The molecule has 166 valence electrons. The summed E-state index contributed by atoms with van der Waals surface area (Å²) in [6.07, 6.45) is 6.59. The van der Waals surface area contributed by atoms with Gasteiger partial charge in [-0.05, 0) is 81.4 Å². The first kappa shape index (κ1) is 20.3. The lowest BCUT2D eigenvalue weighted by atomic mass is 9.49. The zero-order chi connectivity index (χ0) is 21.6. The molecule has 5 aliphatic rings. The molecule has 4 aliphatic carbocycles. The quantitative estimate of drug-likeness (QED) is 0.555. The van der Waals surface area contributed by atoms with E-state index in [1.165, 1.54) is 19.3 Å². The number of ether oxygens (including phenoxy) is 3. The number of benzene rings is 1. The van der Waals surface area contributed by atoms with Crippen LogP contribution in [-0.2, 0) is 14.3 Å². The number of amides is 1. The topological polar surface area (TPSA) is 90.9 Å². The molecule has 1 aliphatic heterocycles. The third-order valence-corrected chi connectivity index (χ3v) is 7.43. The highest BCUT2D eigenvalue weighted by molar-refractivity contribution is 5.99. The van der Waals surface area contributed by atoms with Gasteiger partial charge in [0.05, 0.1) is 0 Å². The van der Waals surface area contributed by atoms with Crippen LogP contribution < -0.4 is 14.8 Å². The minimum Gasteiger partial charge on any atom is -0.486 e. The van der Waals surface area contributed by atoms with E-state index >= 15 is 0 Å². The molecule has 1 N–H and O–H groups in total. The first-order valence-corrected chi connectivity index (χ1v) is 11.3. The molecule has 1 atom stereocenters. The molecule has 0 unspecified atom stereocenters. The predicted molar refractivity (Wildman–Crippen MR) is 111 cm³/mol. The van der Waals surface area contributed by atoms with E-state index in [9.17, 15) is 14.4 Å². The number of nitrogens with one attached hydrogen (secondary N) is 1. The summed E-state index contributed by atoms with van der Waals surface area (Å²) in [5, 5.41) is 2.88. The first-order chi connectivity index (χ1) is 14.9. The van der Waals surface area contributed by atoms with E-state index in [0.717, 1.165) is 19.3 Å². The fourth-order valence-corrected chi connectivity index (χ4v) is 6.36. The summed E-state index contributed by atoms with van der Waals surface area (Å²) in [4.78, 5) is 38.0. The molecule has 4 fully saturated rings. The molecule has 7 heteroatoms. The van der Waals surface area contributed by atoms with Crippen molar-refractivity contribution in [3.05, 3.63) is 23.8 Å². The Balaban J connectivity index is 1.15. The zero-order valence-electron chi connectivity index (χ0n) is 17.9. The molecule has 4 bridgehead atoms. The highest BCUT2D eigenvalue weighted by Crippen LogP contribution is 2.60. The molecule has 31 heavy (non-hydrogen) atoms. The lowest BCUT2D eigenvalue weighted by molar-refractivity contribution is -0.153. The average Bonchev–Trinajstić information content (AvgIpc) is 2.75. The molecule has 1 heterocycles. The van der Waals surface area contributed by atoms with Gasteiger partial charge in [0.25, 0.3) is 0 Å². The fraction of sp³-hybridized carbons (Fsp3) is 0.625. The Kier molecular flexibility index (Phi) is 5.15. The van der Waals surface area contributed by atoms with Gasteiger partial charge in [-0.25, -0.2) is 4.79 Å².